The maximum Gasteiger partial charge on any atom is 0.326 e. The number of hydrogen-bond acceptors (Lipinski definition) is 4. The molecule has 6 nitrogen and oxygen atoms in total. The number of hydrogen-bond donors (Lipinski definition) is 1. The largest absolute Gasteiger partial charge is 0.451 e. The summed E-state index contributed by atoms with van der Waals surface area (Å²) in [6, 6.07) is 4.35. The number of nitrogens with one attached hydrogen (secondary N) is 1. The first-order valence-corrected chi connectivity index (χ1v) is 7.12. The monoisotopic (exact) mass is 346 g/mol. The molecule has 0 aliphatic rings. The van der Waals surface area contributed by atoms with Gasteiger partial charge in [0.1, 0.15) is 6.54 Å². The number of halogens is 2. The fourth-order valence-corrected chi connectivity index (χ4v) is 1.84. The zero-order valence-electron chi connectivity index (χ0n) is 12.4. The lowest BCUT2D eigenvalue weighted by molar-refractivity contribution is -0.157. The molecule has 0 fully saturated rings. The third-order valence-corrected chi connectivity index (χ3v) is 3.41. The minimum Gasteiger partial charge on any atom is -0.451 e. The Bertz CT molecular complexity index is 590. The standard InChI is InChI=1S/C14H16Cl2N2O4/c1-8(14(21)18(2)3)22-12(19)7-17-13(20)9-4-5-10(15)11(16)6-9/h4-6,8H,7H2,1-3H3,(H,17,20)/t8-/m0/s1. The fourth-order valence-electron chi connectivity index (χ4n) is 1.54. The minimum absolute atomic E-state index is 0.238. The molecule has 120 valence electrons. The molecule has 1 rings (SSSR count). The molecule has 0 spiro atoms. The highest BCUT2D eigenvalue weighted by molar-refractivity contribution is 6.42. The fraction of sp³-hybridized carbons (Fsp3) is 0.357. The van der Waals surface area contributed by atoms with Crippen molar-refractivity contribution in [3.63, 3.8) is 0 Å². The molecule has 1 aromatic rings. The normalized spacial score (nSPS) is 11.5. The molecule has 0 unspecified atom stereocenters. The first-order valence-electron chi connectivity index (χ1n) is 6.36. The van der Waals surface area contributed by atoms with E-state index < -0.39 is 18.0 Å². The molecule has 0 saturated carbocycles. The van der Waals surface area contributed by atoms with E-state index in [9.17, 15) is 14.4 Å². The third-order valence-electron chi connectivity index (χ3n) is 2.67. The lowest BCUT2D eigenvalue weighted by Crippen LogP contribution is -2.38. The first-order chi connectivity index (χ1) is 10.2. The van der Waals surface area contributed by atoms with Crippen LogP contribution < -0.4 is 5.32 Å². The summed E-state index contributed by atoms with van der Waals surface area (Å²) in [6.07, 6.45) is -0.913. The van der Waals surface area contributed by atoms with Gasteiger partial charge in [0.05, 0.1) is 10.0 Å². The van der Waals surface area contributed by atoms with E-state index in [1.165, 1.54) is 30.0 Å². The van der Waals surface area contributed by atoms with Crippen molar-refractivity contribution in [2.24, 2.45) is 0 Å². The van der Waals surface area contributed by atoms with Gasteiger partial charge in [-0.05, 0) is 25.1 Å². The van der Waals surface area contributed by atoms with Gasteiger partial charge in [0.15, 0.2) is 6.10 Å². The Morgan fingerprint density at radius 3 is 2.41 bits per heavy atom. The number of nitrogens with zero attached hydrogens (tertiary/aromatic N) is 1. The van der Waals surface area contributed by atoms with Gasteiger partial charge in [-0.1, -0.05) is 23.2 Å². The van der Waals surface area contributed by atoms with E-state index in [0.29, 0.717) is 5.02 Å². The first kappa shape index (κ1) is 18.3. The lowest BCUT2D eigenvalue weighted by atomic mass is 10.2. The molecule has 0 saturated heterocycles. The second kappa shape index (κ2) is 8.00. The van der Waals surface area contributed by atoms with Crippen molar-refractivity contribution in [1.82, 2.24) is 10.2 Å². The van der Waals surface area contributed by atoms with Gasteiger partial charge in [0.2, 0.25) is 0 Å². The second-order valence-corrected chi connectivity index (χ2v) is 5.49. The van der Waals surface area contributed by atoms with Crippen LogP contribution in [-0.4, -0.2) is 49.4 Å². The van der Waals surface area contributed by atoms with E-state index in [-0.39, 0.29) is 23.0 Å². The summed E-state index contributed by atoms with van der Waals surface area (Å²) in [6.45, 7) is 1.10. The van der Waals surface area contributed by atoms with Crippen LogP contribution in [-0.2, 0) is 14.3 Å². The molecule has 0 aliphatic heterocycles. The molecule has 1 N–H and O–H groups in total. The van der Waals surface area contributed by atoms with Crippen molar-refractivity contribution in [1.29, 1.82) is 0 Å². The number of carbonyl (C=O) groups is 3. The number of amides is 2. The summed E-state index contributed by atoms with van der Waals surface area (Å²) in [5.41, 5.74) is 0.264. The van der Waals surface area contributed by atoms with Crippen LogP contribution in [0.3, 0.4) is 0 Å². The molecule has 8 heteroatoms. The molecule has 0 aliphatic carbocycles. The minimum atomic E-state index is -0.913. The third kappa shape index (κ3) is 5.20. The van der Waals surface area contributed by atoms with Gasteiger partial charge >= 0.3 is 5.97 Å². The number of benzene rings is 1. The van der Waals surface area contributed by atoms with Crippen LogP contribution in [0.1, 0.15) is 17.3 Å². The van der Waals surface area contributed by atoms with E-state index in [0.717, 1.165) is 0 Å². The predicted molar refractivity (Wildman–Crippen MR) is 83.0 cm³/mol. The van der Waals surface area contributed by atoms with Crippen molar-refractivity contribution >= 4 is 41.0 Å². The van der Waals surface area contributed by atoms with Gasteiger partial charge in [-0.25, -0.2) is 0 Å². The molecule has 0 radical (unpaired) electrons. The molecule has 1 atom stereocenters. The Kier molecular flexibility index (Phi) is 6.64. The Labute approximate surface area is 138 Å². The summed E-state index contributed by atoms with van der Waals surface area (Å²) >= 11 is 11.6. The van der Waals surface area contributed by atoms with E-state index >= 15 is 0 Å². The van der Waals surface area contributed by atoms with Gasteiger partial charge in [-0.3, -0.25) is 14.4 Å². The molecule has 1 aromatic carbocycles. The summed E-state index contributed by atoms with van der Waals surface area (Å²) in [4.78, 5) is 36.3. The van der Waals surface area contributed by atoms with Crippen molar-refractivity contribution < 1.29 is 19.1 Å². The lowest BCUT2D eigenvalue weighted by Gasteiger charge is -2.17. The van der Waals surface area contributed by atoms with E-state index in [4.69, 9.17) is 27.9 Å². The maximum atomic E-state index is 11.8. The topological polar surface area (TPSA) is 75.7 Å². The zero-order valence-corrected chi connectivity index (χ0v) is 13.9. The van der Waals surface area contributed by atoms with Crippen molar-refractivity contribution in [3.05, 3.63) is 33.8 Å². The second-order valence-electron chi connectivity index (χ2n) is 4.68. The van der Waals surface area contributed by atoms with Crippen LogP contribution in [0, 0.1) is 0 Å². The highest BCUT2D eigenvalue weighted by atomic mass is 35.5. The smallest absolute Gasteiger partial charge is 0.326 e. The van der Waals surface area contributed by atoms with Gasteiger partial charge in [-0.15, -0.1) is 0 Å². The van der Waals surface area contributed by atoms with E-state index in [1.807, 2.05) is 0 Å². The van der Waals surface area contributed by atoms with Gasteiger partial charge in [0, 0.05) is 19.7 Å². The van der Waals surface area contributed by atoms with Crippen molar-refractivity contribution in [3.8, 4) is 0 Å². The number of esters is 1. The Hall–Kier alpha value is -1.79. The van der Waals surface area contributed by atoms with Gasteiger partial charge < -0.3 is 15.0 Å². The summed E-state index contributed by atoms with van der Waals surface area (Å²) < 4.78 is 4.91. The predicted octanol–water partition coefficient (Wildman–Crippen LogP) is 1.74. The Balaban J connectivity index is 2.51. The van der Waals surface area contributed by atoms with Crippen LogP contribution in [0.15, 0.2) is 18.2 Å². The van der Waals surface area contributed by atoms with Crippen molar-refractivity contribution in [2.45, 2.75) is 13.0 Å². The van der Waals surface area contributed by atoms with E-state index in [1.54, 1.807) is 14.1 Å². The summed E-state index contributed by atoms with van der Waals surface area (Å²) in [5, 5.41) is 2.94. The van der Waals surface area contributed by atoms with Crippen LogP contribution in [0.5, 0.6) is 0 Å². The summed E-state index contributed by atoms with van der Waals surface area (Å²) in [5.74, 6) is -1.55. The molecular formula is C14H16Cl2N2O4. The molecule has 0 aromatic heterocycles. The molecule has 22 heavy (non-hydrogen) atoms. The Morgan fingerprint density at radius 2 is 1.86 bits per heavy atom. The zero-order chi connectivity index (χ0) is 16.9. The highest BCUT2D eigenvalue weighted by Gasteiger charge is 2.19. The molecule has 0 heterocycles. The molecule has 0 bridgehead atoms. The number of rotatable bonds is 5. The van der Waals surface area contributed by atoms with Crippen LogP contribution in [0.25, 0.3) is 0 Å². The highest BCUT2D eigenvalue weighted by Crippen LogP contribution is 2.22. The van der Waals surface area contributed by atoms with Crippen LogP contribution in [0.2, 0.25) is 10.0 Å². The number of ether oxygens (including phenoxy) is 1. The van der Waals surface area contributed by atoms with Crippen LogP contribution >= 0.6 is 23.2 Å². The van der Waals surface area contributed by atoms with E-state index in [2.05, 4.69) is 5.32 Å². The number of carbonyl (C=O) groups excluding carboxylic acids is 3. The SMILES string of the molecule is C[C@H](OC(=O)CNC(=O)c1ccc(Cl)c(Cl)c1)C(=O)N(C)C. The van der Waals surface area contributed by atoms with Crippen LogP contribution in [0.4, 0.5) is 0 Å². The molecule has 2 amide bonds. The van der Waals surface area contributed by atoms with Gasteiger partial charge in [-0.2, -0.15) is 0 Å². The molecular weight excluding hydrogens is 331 g/mol. The Morgan fingerprint density at radius 1 is 1.23 bits per heavy atom. The quantitative estimate of drug-likeness (QED) is 0.824. The summed E-state index contributed by atoms with van der Waals surface area (Å²) in [7, 11) is 3.11. The average Bonchev–Trinajstić information content (AvgIpc) is 2.46. The number of likely N-dealkylation sites (N-methyl/N-ethyl adjacent to an activating group) is 1. The average molecular weight is 347 g/mol. The van der Waals surface area contributed by atoms with Crippen molar-refractivity contribution in [2.75, 3.05) is 20.6 Å². The van der Waals surface area contributed by atoms with Gasteiger partial charge in [0.25, 0.3) is 11.8 Å². The maximum absolute atomic E-state index is 11.8.